The maximum Gasteiger partial charge on any atom is 0.244 e. The molecule has 3 aromatic rings. The molecule has 9 nitrogen and oxygen atoms in total. The number of hydrogen-bond donors (Lipinski definition) is 1. The van der Waals surface area contributed by atoms with Gasteiger partial charge in [-0.05, 0) is 48.7 Å². The van der Waals surface area contributed by atoms with Crippen molar-refractivity contribution in [2.45, 2.75) is 45.3 Å². The molecule has 0 aliphatic carbocycles. The van der Waals surface area contributed by atoms with Crippen LogP contribution >= 0.6 is 0 Å². The van der Waals surface area contributed by atoms with E-state index in [0.717, 1.165) is 16.1 Å². The minimum Gasteiger partial charge on any atom is -0.454 e. The molecule has 0 unspecified atom stereocenters. The molecule has 0 fully saturated rings. The van der Waals surface area contributed by atoms with Gasteiger partial charge in [0, 0.05) is 25.1 Å². The summed E-state index contributed by atoms with van der Waals surface area (Å²) in [6, 6.07) is 18.4. The first-order valence-electron chi connectivity index (χ1n) is 13.3. The van der Waals surface area contributed by atoms with Gasteiger partial charge in [-0.25, -0.2) is 12.8 Å². The van der Waals surface area contributed by atoms with E-state index in [1.807, 2.05) is 44.2 Å². The van der Waals surface area contributed by atoms with E-state index in [4.69, 9.17) is 9.47 Å². The lowest BCUT2D eigenvalue weighted by Gasteiger charge is -2.34. The number of hydrogen-bond acceptors (Lipinski definition) is 6. The molecule has 1 N–H and O–H groups in total. The van der Waals surface area contributed by atoms with Crippen LogP contribution in [0.1, 0.15) is 31.4 Å². The predicted molar refractivity (Wildman–Crippen MR) is 154 cm³/mol. The second-order valence-electron chi connectivity index (χ2n) is 9.98. The monoisotopic (exact) mass is 583 g/mol. The largest absolute Gasteiger partial charge is 0.454 e. The SMILES string of the molecule is CC[C@H](C)NC(=O)[C@@H](Cc1ccccc1)N(Cc1ccc(F)cc1)C(=O)CN(c1ccc2c(c1)OCO2)S(C)(=O)=O. The van der Waals surface area contributed by atoms with Gasteiger partial charge in [-0.2, -0.15) is 0 Å². The van der Waals surface area contributed by atoms with Crippen LogP contribution in [0.2, 0.25) is 0 Å². The summed E-state index contributed by atoms with van der Waals surface area (Å²) in [5.41, 5.74) is 1.63. The summed E-state index contributed by atoms with van der Waals surface area (Å²) in [5, 5.41) is 2.97. The Hall–Kier alpha value is -4.12. The first kappa shape index (κ1) is 29.9. The topological polar surface area (TPSA) is 105 Å². The van der Waals surface area contributed by atoms with E-state index in [-0.39, 0.29) is 37.4 Å². The zero-order chi connectivity index (χ0) is 29.6. The number of carbonyl (C=O) groups is 2. The molecule has 3 aromatic carbocycles. The summed E-state index contributed by atoms with van der Waals surface area (Å²) < 4.78 is 51.3. The smallest absolute Gasteiger partial charge is 0.244 e. The van der Waals surface area contributed by atoms with Crippen LogP contribution in [0.25, 0.3) is 0 Å². The maximum absolute atomic E-state index is 14.1. The van der Waals surface area contributed by atoms with Crippen molar-refractivity contribution in [2.75, 3.05) is 23.9 Å². The van der Waals surface area contributed by atoms with Crippen molar-refractivity contribution < 1.29 is 31.9 Å². The lowest BCUT2D eigenvalue weighted by Crippen LogP contribution is -2.54. The van der Waals surface area contributed by atoms with Crippen LogP contribution in [0, 0.1) is 5.82 Å². The summed E-state index contributed by atoms with van der Waals surface area (Å²) >= 11 is 0. The van der Waals surface area contributed by atoms with Gasteiger partial charge < -0.3 is 19.7 Å². The van der Waals surface area contributed by atoms with Crippen LogP contribution in [0.5, 0.6) is 11.5 Å². The van der Waals surface area contributed by atoms with Gasteiger partial charge in [0.25, 0.3) is 0 Å². The van der Waals surface area contributed by atoms with Gasteiger partial charge >= 0.3 is 0 Å². The van der Waals surface area contributed by atoms with E-state index in [0.29, 0.717) is 23.5 Å². The van der Waals surface area contributed by atoms with Crippen molar-refractivity contribution in [2.24, 2.45) is 0 Å². The van der Waals surface area contributed by atoms with Crippen molar-refractivity contribution in [3.8, 4) is 11.5 Å². The number of nitrogens with one attached hydrogen (secondary N) is 1. The Bertz CT molecular complexity index is 1470. The summed E-state index contributed by atoms with van der Waals surface area (Å²) in [6.07, 6.45) is 1.88. The Morgan fingerprint density at radius 1 is 0.976 bits per heavy atom. The lowest BCUT2D eigenvalue weighted by molar-refractivity contribution is -0.140. The van der Waals surface area contributed by atoms with Gasteiger partial charge in [-0.1, -0.05) is 49.4 Å². The Morgan fingerprint density at radius 2 is 1.66 bits per heavy atom. The normalized spacial score (nSPS) is 13.8. The van der Waals surface area contributed by atoms with E-state index < -0.39 is 34.3 Å². The van der Waals surface area contributed by atoms with Gasteiger partial charge in [0.2, 0.25) is 28.6 Å². The van der Waals surface area contributed by atoms with Gasteiger partial charge in [0.15, 0.2) is 11.5 Å². The predicted octanol–water partition coefficient (Wildman–Crippen LogP) is 3.88. The molecule has 1 heterocycles. The highest BCUT2D eigenvalue weighted by Gasteiger charge is 2.33. The number of anilines is 1. The number of amides is 2. The van der Waals surface area contributed by atoms with Gasteiger partial charge in [-0.3, -0.25) is 13.9 Å². The Kier molecular flexibility index (Phi) is 9.49. The molecular formula is C30H34FN3O6S. The van der Waals surface area contributed by atoms with Crippen LogP contribution in [-0.2, 0) is 32.6 Å². The molecule has 0 aromatic heterocycles. The van der Waals surface area contributed by atoms with Gasteiger partial charge in [0.1, 0.15) is 18.4 Å². The number of fused-ring (bicyclic) bond motifs is 1. The zero-order valence-corrected chi connectivity index (χ0v) is 24.1. The number of ether oxygens (including phenoxy) is 2. The molecule has 11 heteroatoms. The molecule has 2 amide bonds. The van der Waals surface area contributed by atoms with Crippen LogP contribution < -0.4 is 19.1 Å². The summed E-state index contributed by atoms with van der Waals surface area (Å²) in [5.74, 6) is -0.573. The highest BCUT2D eigenvalue weighted by atomic mass is 32.2. The standard InChI is InChI=1S/C30H34FN3O6S/c1-4-21(2)32-30(36)26(16-22-8-6-5-7-9-22)33(18-23-10-12-24(31)13-11-23)29(35)19-34(41(3,37)38)25-14-15-27-28(17-25)40-20-39-27/h5-15,17,21,26H,4,16,18-20H2,1-3H3,(H,32,36)/t21-,26+/m0/s1. The molecular weight excluding hydrogens is 549 g/mol. The highest BCUT2D eigenvalue weighted by molar-refractivity contribution is 7.92. The van der Waals surface area contributed by atoms with Crippen LogP contribution in [-0.4, -0.2) is 56.8 Å². The molecule has 0 saturated carbocycles. The molecule has 0 bridgehead atoms. The molecule has 0 spiro atoms. The Labute approximate surface area is 239 Å². The third-order valence-corrected chi connectivity index (χ3v) is 8.00. The summed E-state index contributed by atoms with van der Waals surface area (Å²) in [6.45, 7) is 3.21. The average Bonchev–Trinajstić information content (AvgIpc) is 3.42. The fourth-order valence-corrected chi connectivity index (χ4v) is 5.28. The average molecular weight is 584 g/mol. The van der Waals surface area contributed by atoms with Crippen molar-refractivity contribution in [3.05, 3.63) is 89.7 Å². The van der Waals surface area contributed by atoms with Crippen LogP contribution in [0.15, 0.2) is 72.8 Å². The lowest BCUT2D eigenvalue weighted by atomic mass is 10.0. The van der Waals surface area contributed by atoms with E-state index in [2.05, 4.69) is 5.32 Å². The van der Waals surface area contributed by atoms with Gasteiger partial charge in [-0.15, -0.1) is 0 Å². The quantitative estimate of drug-likeness (QED) is 0.347. The summed E-state index contributed by atoms with van der Waals surface area (Å²) in [7, 11) is -3.93. The second kappa shape index (κ2) is 13.0. The molecule has 0 saturated heterocycles. The maximum atomic E-state index is 14.1. The molecule has 41 heavy (non-hydrogen) atoms. The zero-order valence-electron chi connectivity index (χ0n) is 23.2. The van der Waals surface area contributed by atoms with E-state index in [1.165, 1.54) is 41.3 Å². The number of rotatable bonds is 12. The van der Waals surface area contributed by atoms with Crippen molar-refractivity contribution in [3.63, 3.8) is 0 Å². The van der Waals surface area contributed by atoms with Crippen LogP contribution in [0.4, 0.5) is 10.1 Å². The molecule has 2 atom stereocenters. The number of sulfonamides is 1. The first-order valence-corrected chi connectivity index (χ1v) is 15.2. The van der Waals surface area contributed by atoms with Crippen molar-refractivity contribution in [1.82, 2.24) is 10.2 Å². The molecule has 218 valence electrons. The molecule has 4 rings (SSSR count). The number of nitrogens with zero attached hydrogens (tertiary/aromatic N) is 2. The van der Waals surface area contributed by atoms with E-state index in [9.17, 15) is 22.4 Å². The fraction of sp³-hybridized carbons (Fsp3) is 0.333. The third-order valence-electron chi connectivity index (χ3n) is 6.86. The molecule has 1 aliphatic rings. The van der Waals surface area contributed by atoms with Crippen LogP contribution in [0.3, 0.4) is 0 Å². The van der Waals surface area contributed by atoms with Crippen molar-refractivity contribution in [1.29, 1.82) is 0 Å². The summed E-state index contributed by atoms with van der Waals surface area (Å²) in [4.78, 5) is 29.1. The minimum absolute atomic E-state index is 0.00843. The minimum atomic E-state index is -3.93. The second-order valence-corrected chi connectivity index (χ2v) is 11.9. The Morgan fingerprint density at radius 3 is 2.32 bits per heavy atom. The first-order chi connectivity index (χ1) is 19.5. The van der Waals surface area contributed by atoms with Crippen molar-refractivity contribution >= 4 is 27.5 Å². The fourth-order valence-electron chi connectivity index (χ4n) is 4.44. The number of carbonyl (C=O) groups excluding carboxylic acids is 2. The number of benzene rings is 3. The van der Waals surface area contributed by atoms with E-state index in [1.54, 1.807) is 6.07 Å². The number of halogens is 1. The van der Waals surface area contributed by atoms with E-state index >= 15 is 0 Å². The van der Waals surface area contributed by atoms with Gasteiger partial charge in [0.05, 0.1) is 11.9 Å². The molecule has 0 radical (unpaired) electrons. The molecule has 1 aliphatic heterocycles. The Balaban J connectivity index is 1.72. The third kappa shape index (κ3) is 7.75. The highest BCUT2D eigenvalue weighted by Crippen LogP contribution is 2.36.